The molecule has 0 saturated carbocycles. The summed E-state index contributed by atoms with van der Waals surface area (Å²) in [6, 6.07) is 5.70. The van der Waals surface area contributed by atoms with E-state index in [9.17, 15) is 19.2 Å². The molecule has 1 unspecified atom stereocenters. The molecule has 2 amide bonds. The van der Waals surface area contributed by atoms with E-state index in [1.807, 2.05) is 6.92 Å². The first-order chi connectivity index (χ1) is 14.4. The minimum absolute atomic E-state index is 0.0481. The zero-order valence-electron chi connectivity index (χ0n) is 16.3. The van der Waals surface area contributed by atoms with E-state index in [0.29, 0.717) is 23.6 Å². The van der Waals surface area contributed by atoms with Crippen LogP contribution in [0.2, 0.25) is 0 Å². The average Bonchev–Trinajstić information content (AvgIpc) is 3.25. The summed E-state index contributed by atoms with van der Waals surface area (Å²) in [4.78, 5) is 52.8. The zero-order valence-corrected chi connectivity index (χ0v) is 17.1. The fraction of sp³-hybridized carbons (Fsp3) is 0.350. The maximum atomic E-state index is 12.7. The van der Waals surface area contributed by atoms with Crippen LogP contribution in [0, 0.1) is 0 Å². The molecule has 0 spiro atoms. The third-order valence-corrected chi connectivity index (χ3v) is 5.28. The Bertz CT molecular complexity index is 956. The summed E-state index contributed by atoms with van der Waals surface area (Å²) in [6.07, 6.45) is 1.41. The number of anilines is 2. The fourth-order valence-corrected chi connectivity index (χ4v) is 3.72. The molecule has 1 aromatic heterocycles. The van der Waals surface area contributed by atoms with E-state index in [2.05, 4.69) is 10.3 Å². The summed E-state index contributed by atoms with van der Waals surface area (Å²) >= 11 is 1.05. The second-order valence-electron chi connectivity index (χ2n) is 6.73. The lowest BCUT2D eigenvalue weighted by atomic mass is 10.2. The largest absolute Gasteiger partial charge is 0.481 e. The van der Waals surface area contributed by atoms with Crippen LogP contribution in [0.15, 0.2) is 29.6 Å². The van der Waals surface area contributed by atoms with Crippen LogP contribution in [0.3, 0.4) is 0 Å². The summed E-state index contributed by atoms with van der Waals surface area (Å²) in [5.41, 5.74) is 1.28. The Hall–Kier alpha value is -3.27. The smallest absolute Gasteiger partial charge is 0.338 e. The molecule has 2 heterocycles. The minimum Gasteiger partial charge on any atom is -0.481 e. The summed E-state index contributed by atoms with van der Waals surface area (Å²) in [5, 5.41) is 13.5. The van der Waals surface area contributed by atoms with Gasteiger partial charge >= 0.3 is 11.9 Å². The Morgan fingerprint density at radius 1 is 1.30 bits per heavy atom. The highest BCUT2D eigenvalue weighted by Crippen LogP contribution is 2.28. The van der Waals surface area contributed by atoms with E-state index in [4.69, 9.17) is 9.84 Å². The molecular formula is C20H21N3O6S. The molecule has 1 atom stereocenters. The van der Waals surface area contributed by atoms with Gasteiger partial charge in [0.05, 0.1) is 30.7 Å². The molecule has 0 bridgehead atoms. The van der Waals surface area contributed by atoms with Gasteiger partial charge in [-0.25, -0.2) is 14.7 Å². The van der Waals surface area contributed by atoms with Crippen molar-refractivity contribution in [1.29, 1.82) is 0 Å². The van der Waals surface area contributed by atoms with E-state index < -0.39 is 29.8 Å². The molecule has 2 aromatic rings. The van der Waals surface area contributed by atoms with Gasteiger partial charge in [-0.05, 0) is 30.7 Å². The number of carboxylic acid groups (broad SMARTS) is 1. The Kier molecular flexibility index (Phi) is 6.78. The topological polar surface area (TPSA) is 126 Å². The minimum atomic E-state index is -1.04. The molecule has 1 aromatic carbocycles. The third kappa shape index (κ3) is 5.01. The maximum absolute atomic E-state index is 12.7. The first-order valence-corrected chi connectivity index (χ1v) is 10.3. The number of unbranched alkanes of at least 4 members (excludes halogenated alkanes) is 1. The molecule has 1 saturated heterocycles. The van der Waals surface area contributed by atoms with Crippen LogP contribution in [0.4, 0.5) is 10.8 Å². The van der Waals surface area contributed by atoms with Gasteiger partial charge in [0.15, 0.2) is 5.13 Å². The Balaban J connectivity index is 1.63. The number of benzene rings is 1. The van der Waals surface area contributed by atoms with Gasteiger partial charge in [0.25, 0.3) is 5.91 Å². The number of ether oxygens (including phenoxy) is 1. The van der Waals surface area contributed by atoms with Crippen LogP contribution < -0.4 is 10.2 Å². The SMILES string of the molecule is CCCCOC(=O)c1ccc(NC2CC(=O)N(c3nc(CC(=O)O)cs3)C2=O)cc1. The van der Waals surface area contributed by atoms with Crippen molar-refractivity contribution in [3.63, 3.8) is 0 Å². The molecule has 1 aliphatic heterocycles. The van der Waals surface area contributed by atoms with Crippen molar-refractivity contribution in [2.24, 2.45) is 0 Å². The van der Waals surface area contributed by atoms with Crippen LogP contribution in [0.25, 0.3) is 0 Å². The average molecular weight is 431 g/mol. The molecule has 1 fully saturated rings. The van der Waals surface area contributed by atoms with Crippen molar-refractivity contribution < 1.29 is 29.0 Å². The number of nitrogens with zero attached hydrogens (tertiary/aromatic N) is 2. The van der Waals surface area contributed by atoms with Crippen molar-refractivity contribution >= 4 is 45.9 Å². The number of rotatable bonds is 9. The number of esters is 1. The summed E-state index contributed by atoms with van der Waals surface area (Å²) in [7, 11) is 0. The summed E-state index contributed by atoms with van der Waals surface area (Å²) in [5.74, 6) is -2.32. The number of hydrogen-bond acceptors (Lipinski definition) is 8. The van der Waals surface area contributed by atoms with Crippen LogP contribution in [-0.2, 0) is 25.5 Å². The predicted molar refractivity (Wildman–Crippen MR) is 110 cm³/mol. The third-order valence-electron chi connectivity index (χ3n) is 4.40. The molecule has 0 aliphatic carbocycles. The standard InChI is InChI=1S/C20H21N3O6S/c1-2-3-8-29-19(28)12-4-6-13(7-5-12)21-15-10-16(24)23(18(15)27)20-22-14(11-30-20)9-17(25)26/h4-7,11,15,21H,2-3,8-10H2,1H3,(H,25,26). The van der Waals surface area contributed by atoms with E-state index in [0.717, 1.165) is 29.1 Å². The van der Waals surface area contributed by atoms with Crippen molar-refractivity contribution in [3.05, 3.63) is 40.9 Å². The maximum Gasteiger partial charge on any atom is 0.338 e. The quantitative estimate of drug-likeness (QED) is 0.352. The van der Waals surface area contributed by atoms with Crippen LogP contribution in [0.5, 0.6) is 0 Å². The molecule has 0 radical (unpaired) electrons. The Morgan fingerprint density at radius 3 is 2.70 bits per heavy atom. The van der Waals surface area contributed by atoms with Gasteiger partial charge in [0.2, 0.25) is 5.91 Å². The zero-order chi connectivity index (χ0) is 21.7. The van der Waals surface area contributed by atoms with Crippen molar-refractivity contribution in [3.8, 4) is 0 Å². The molecule has 9 nitrogen and oxygen atoms in total. The van der Waals surface area contributed by atoms with Gasteiger partial charge in [0.1, 0.15) is 6.04 Å². The number of aromatic nitrogens is 1. The number of amides is 2. The van der Waals surface area contributed by atoms with Gasteiger partial charge < -0.3 is 15.2 Å². The monoisotopic (exact) mass is 431 g/mol. The molecule has 2 N–H and O–H groups in total. The van der Waals surface area contributed by atoms with Gasteiger partial charge in [0, 0.05) is 11.1 Å². The van der Waals surface area contributed by atoms with Crippen LogP contribution >= 0.6 is 11.3 Å². The highest BCUT2D eigenvalue weighted by molar-refractivity contribution is 7.14. The van der Waals surface area contributed by atoms with Crippen molar-refractivity contribution in [2.75, 3.05) is 16.8 Å². The van der Waals surface area contributed by atoms with Gasteiger partial charge in [-0.1, -0.05) is 13.3 Å². The highest BCUT2D eigenvalue weighted by atomic mass is 32.1. The lowest BCUT2D eigenvalue weighted by molar-refractivity contribution is -0.136. The second kappa shape index (κ2) is 9.49. The van der Waals surface area contributed by atoms with E-state index in [1.54, 1.807) is 24.3 Å². The van der Waals surface area contributed by atoms with Gasteiger partial charge in [-0.2, -0.15) is 0 Å². The Morgan fingerprint density at radius 2 is 2.03 bits per heavy atom. The van der Waals surface area contributed by atoms with Crippen molar-refractivity contribution in [2.45, 2.75) is 38.6 Å². The van der Waals surface area contributed by atoms with Crippen molar-refractivity contribution in [1.82, 2.24) is 4.98 Å². The van der Waals surface area contributed by atoms with E-state index in [-0.39, 0.29) is 18.0 Å². The molecule has 1 aliphatic rings. The van der Waals surface area contributed by atoms with Crippen LogP contribution in [-0.4, -0.2) is 46.5 Å². The molecule has 30 heavy (non-hydrogen) atoms. The number of carboxylic acids is 1. The molecule has 3 rings (SSSR count). The molecule has 158 valence electrons. The van der Waals surface area contributed by atoms with E-state index >= 15 is 0 Å². The van der Waals surface area contributed by atoms with E-state index in [1.165, 1.54) is 5.38 Å². The lowest BCUT2D eigenvalue weighted by Crippen LogP contribution is -2.34. The number of nitrogens with one attached hydrogen (secondary N) is 1. The first kappa shape index (κ1) is 21.4. The molecule has 10 heteroatoms. The lowest BCUT2D eigenvalue weighted by Gasteiger charge is -2.14. The number of thiazole rings is 1. The number of carbonyl (C=O) groups is 4. The van der Waals surface area contributed by atoms with Crippen LogP contribution in [0.1, 0.15) is 42.2 Å². The summed E-state index contributed by atoms with van der Waals surface area (Å²) in [6.45, 7) is 2.38. The highest BCUT2D eigenvalue weighted by Gasteiger charge is 2.41. The normalized spacial score (nSPS) is 16.0. The number of aliphatic carboxylic acids is 1. The number of hydrogen-bond donors (Lipinski definition) is 2. The first-order valence-electron chi connectivity index (χ1n) is 9.45. The number of carbonyl (C=O) groups excluding carboxylic acids is 3. The summed E-state index contributed by atoms with van der Waals surface area (Å²) < 4.78 is 5.15. The second-order valence-corrected chi connectivity index (χ2v) is 7.56. The molecular weight excluding hydrogens is 410 g/mol. The fourth-order valence-electron chi connectivity index (χ4n) is 2.88. The number of imide groups is 1. The Labute approximate surface area is 176 Å². The predicted octanol–water partition coefficient (Wildman–Crippen LogP) is 2.47. The van der Waals surface area contributed by atoms with Gasteiger partial charge in [-0.3, -0.25) is 14.4 Å². The van der Waals surface area contributed by atoms with Gasteiger partial charge in [-0.15, -0.1) is 11.3 Å².